The summed E-state index contributed by atoms with van der Waals surface area (Å²) in [6.07, 6.45) is 2.15. The predicted molar refractivity (Wildman–Crippen MR) is 269 cm³/mol. The van der Waals surface area contributed by atoms with Gasteiger partial charge in [0.1, 0.15) is 0 Å². The van der Waals surface area contributed by atoms with E-state index in [1.807, 2.05) is 0 Å². The number of hydrogen-bond donors (Lipinski definition) is 0. The molecule has 0 heterocycles. The first-order chi connectivity index (χ1) is 29.4. The van der Waals surface area contributed by atoms with Gasteiger partial charge in [-0.1, -0.05) is 198 Å². The van der Waals surface area contributed by atoms with E-state index < -0.39 is 0 Å². The first kappa shape index (κ1) is 43.0. The molecular formula is C61H67N. The van der Waals surface area contributed by atoms with Crippen LogP contribution in [0.1, 0.15) is 116 Å². The van der Waals surface area contributed by atoms with Gasteiger partial charge in [0.05, 0.1) is 5.69 Å². The molecule has 0 amide bonds. The van der Waals surface area contributed by atoms with E-state index in [2.05, 4.69) is 240 Å². The molecule has 0 saturated carbocycles. The van der Waals surface area contributed by atoms with Crippen molar-refractivity contribution in [2.45, 2.75) is 112 Å². The summed E-state index contributed by atoms with van der Waals surface area (Å²) in [5.74, 6) is 1.18. The summed E-state index contributed by atoms with van der Waals surface area (Å²) < 4.78 is 0. The van der Waals surface area contributed by atoms with Crippen molar-refractivity contribution in [1.82, 2.24) is 0 Å². The molecule has 1 heteroatoms. The summed E-state index contributed by atoms with van der Waals surface area (Å²) in [5, 5.41) is 0. The smallest absolute Gasteiger partial charge is 0.0540 e. The van der Waals surface area contributed by atoms with E-state index in [1.165, 1.54) is 77.9 Å². The van der Waals surface area contributed by atoms with Crippen molar-refractivity contribution in [2.24, 2.45) is 11.8 Å². The Balaban J connectivity index is 1.38. The average molecular weight is 814 g/mol. The van der Waals surface area contributed by atoms with Gasteiger partial charge in [-0.15, -0.1) is 0 Å². The molecule has 1 aliphatic rings. The zero-order chi connectivity index (χ0) is 44.1. The third kappa shape index (κ3) is 8.70. The van der Waals surface area contributed by atoms with Gasteiger partial charge in [-0.25, -0.2) is 0 Å². The maximum atomic E-state index is 2.53. The maximum Gasteiger partial charge on any atom is 0.0540 e. The first-order valence-electron chi connectivity index (χ1n) is 23.0. The molecule has 7 aromatic carbocycles. The quantitative estimate of drug-likeness (QED) is 0.133. The monoisotopic (exact) mass is 814 g/mol. The van der Waals surface area contributed by atoms with Gasteiger partial charge < -0.3 is 4.90 Å². The number of para-hydroxylation sites is 1. The Kier molecular flexibility index (Phi) is 11.5. The van der Waals surface area contributed by atoms with Crippen molar-refractivity contribution in [1.29, 1.82) is 0 Å². The lowest BCUT2D eigenvalue weighted by Crippen LogP contribution is -2.18. The zero-order valence-corrected chi connectivity index (χ0v) is 39.4. The molecule has 0 atom stereocenters. The molecule has 1 aliphatic carbocycles. The second-order valence-electron chi connectivity index (χ2n) is 21.4. The summed E-state index contributed by atoms with van der Waals surface area (Å²) >= 11 is 0. The third-order valence-electron chi connectivity index (χ3n) is 12.9. The van der Waals surface area contributed by atoms with Crippen molar-refractivity contribution >= 4 is 17.1 Å². The molecule has 0 saturated heterocycles. The standard InChI is InChI=1S/C61H67N/c1-40(2)28-42-30-43(29-41(3)4)32-45(31-42)46-33-47(35-49(34-46)59(5,6)7)48-36-50(60(8,9)10)38-52(37-48)62(58-25-19-17-22-53(58)44-20-14-13-15-21-44)51-26-27-55-54-23-16-18-24-56(54)61(11,12)57(55)39-51/h13-27,30-41H,28-29H2,1-12H3. The fraction of sp³-hybridized carbons (Fsp3) is 0.311. The number of fused-ring (bicyclic) bond motifs is 3. The number of hydrogen-bond acceptors (Lipinski definition) is 1. The van der Waals surface area contributed by atoms with Crippen molar-refractivity contribution in [3.8, 4) is 44.5 Å². The lowest BCUT2D eigenvalue weighted by Gasteiger charge is -2.32. The first-order valence-corrected chi connectivity index (χ1v) is 23.0. The van der Waals surface area contributed by atoms with Crippen LogP contribution in [-0.4, -0.2) is 0 Å². The number of anilines is 3. The summed E-state index contributed by atoms with van der Waals surface area (Å²) in [6, 6.07) is 58.1. The van der Waals surface area contributed by atoms with Crippen LogP contribution in [0.3, 0.4) is 0 Å². The zero-order valence-electron chi connectivity index (χ0n) is 39.4. The van der Waals surface area contributed by atoms with Crippen molar-refractivity contribution < 1.29 is 0 Å². The summed E-state index contributed by atoms with van der Waals surface area (Å²) in [7, 11) is 0. The van der Waals surface area contributed by atoms with Gasteiger partial charge in [-0.3, -0.25) is 0 Å². The molecule has 0 fully saturated rings. The fourth-order valence-corrected chi connectivity index (χ4v) is 9.63. The van der Waals surface area contributed by atoms with Crippen LogP contribution in [-0.2, 0) is 29.1 Å². The van der Waals surface area contributed by atoms with Gasteiger partial charge in [0.25, 0.3) is 0 Å². The van der Waals surface area contributed by atoms with Gasteiger partial charge >= 0.3 is 0 Å². The van der Waals surface area contributed by atoms with Crippen LogP contribution in [0.4, 0.5) is 17.1 Å². The van der Waals surface area contributed by atoms with Crippen molar-refractivity contribution in [2.75, 3.05) is 4.90 Å². The molecule has 0 spiro atoms. The Hall–Kier alpha value is -5.66. The van der Waals surface area contributed by atoms with Gasteiger partial charge in [-0.05, 0) is 144 Å². The molecule has 7 aromatic rings. The molecule has 0 unspecified atom stereocenters. The molecule has 0 aromatic heterocycles. The van der Waals surface area contributed by atoms with Crippen molar-refractivity contribution in [3.63, 3.8) is 0 Å². The highest BCUT2D eigenvalue weighted by Crippen LogP contribution is 2.52. The lowest BCUT2D eigenvalue weighted by atomic mass is 9.81. The van der Waals surface area contributed by atoms with Crippen LogP contribution < -0.4 is 4.90 Å². The van der Waals surface area contributed by atoms with E-state index in [4.69, 9.17) is 0 Å². The van der Waals surface area contributed by atoms with E-state index in [1.54, 1.807) is 0 Å². The minimum atomic E-state index is -0.129. The highest BCUT2D eigenvalue weighted by Gasteiger charge is 2.36. The normalized spacial score (nSPS) is 13.4. The Morgan fingerprint density at radius 2 is 0.919 bits per heavy atom. The van der Waals surface area contributed by atoms with E-state index in [-0.39, 0.29) is 16.2 Å². The van der Waals surface area contributed by atoms with Crippen LogP contribution in [0.15, 0.2) is 152 Å². The average Bonchev–Trinajstić information content (AvgIpc) is 3.45. The van der Waals surface area contributed by atoms with Crippen molar-refractivity contribution in [3.05, 3.63) is 185 Å². The van der Waals surface area contributed by atoms with E-state index >= 15 is 0 Å². The van der Waals surface area contributed by atoms with Crippen LogP contribution in [0.25, 0.3) is 44.5 Å². The Bertz CT molecular complexity index is 2700. The lowest BCUT2D eigenvalue weighted by molar-refractivity contribution is 0.589. The van der Waals surface area contributed by atoms with Gasteiger partial charge in [0.2, 0.25) is 0 Å². The Morgan fingerprint density at radius 3 is 1.52 bits per heavy atom. The van der Waals surface area contributed by atoms with Crippen LogP contribution in [0, 0.1) is 11.8 Å². The summed E-state index contributed by atoms with van der Waals surface area (Å²) in [4.78, 5) is 2.53. The van der Waals surface area contributed by atoms with Gasteiger partial charge in [0.15, 0.2) is 0 Å². The van der Waals surface area contributed by atoms with Crippen LogP contribution in [0.5, 0.6) is 0 Å². The van der Waals surface area contributed by atoms with Crippen LogP contribution >= 0.6 is 0 Å². The highest BCUT2D eigenvalue weighted by atomic mass is 15.1. The fourth-order valence-electron chi connectivity index (χ4n) is 9.63. The van der Waals surface area contributed by atoms with E-state index in [9.17, 15) is 0 Å². The molecule has 0 bridgehead atoms. The molecule has 0 aliphatic heterocycles. The molecule has 62 heavy (non-hydrogen) atoms. The minimum absolute atomic E-state index is 0.0407. The third-order valence-corrected chi connectivity index (χ3v) is 12.9. The Labute approximate surface area is 373 Å². The minimum Gasteiger partial charge on any atom is -0.310 e. The second-order valence-corrected chi connectivity index (χ2v) is 21.4. The molecule has 8 rings (SSSR count). The SMILES string of the molecule is CC(C)Cc1cc(CC(C)C)cc(-c2cc(-c3cc(N(c4ccc5c(c4)C(C)(C)c4ccccc4-5)c4ccccc4-c4ccccc4)cc(C(C)(C)C)c3)cc(C(C)(C)C)c2)c1. The van der Waals surface area contributed by atoms with Gasteiger partial charge in [-0.2, -0.15) is 0 Å². The maximum absolute atomic E-state index is 2.53. The molecule has 1 nitrogen and oxygen atoms in total. The number of benzene rings is 7. The predicted octanol–water partition coefficient (Wildman–Crippen LogP) is 17.5. The van der Waals surface area contributed by atoms with E-state index in [0.717, 1.165) is 29.9 Å². The number of nitrogens with zero attached hydrogens (tertiary/aromatic N) is 1. The molecule has 0 radical (unpaired) electrons. The molecule has 316 valence electrons. The highest BCUT2D eigenvalue weighted by molar-refractivity contribution is 5.92. The largest absolute Gasteiger partial charge is 0.310 e. The topological polar surface area (TPSA) is 3.24 Å². The summed E-state index contributed by atoms with van der Waals surface area (Å²) in [5.41, 5.74) is 21.6. The molecule has 0 N–H and O–H groups in total. The van der Waals surface area contributed by atoms with E-state index in [0.29, 0.717) is 11.8 Å². The second kappa shape index (κ2) is 16.6. The number of rotatable bonds is 10. The molecular weight excluding hydrogens is 747 g/mol. The van der Waals surface area contributed by atoms with Crippen LogP contribution in [0.2, 0.25) is 0 Å². The van der Waals surface area contributed by atoms with Gasteiger partial charge in [0, 0.05) is 22.4 Å². The summed E-state index contributed by atoms with van der Waals surface area (Å²) in [6.45, 7) is 28.2. The Morgan fingerprint density at radius 1 is 0.419 bits per heavy atom.